The molecular formula is C17H25NO2. The summed E-state index contributed by atoms with van der Waals surface area (Å²) in [7, 11) is 0. The summed E-state index contributed by atoms with van der Waals surface area (Å²) in [5.41, 5.74) is 3.10. The number of rotatable bonds is 4. The lowest BCUT2D eigenvalue weighted by Crippen LogP contribution is -2.34. The molecule has 1 saturated carbocycles. The molecule has 0 heterocycles. The van der Waals surface area contributed by atoms with E-state index in [4.69, 9.17) is 0 Å². The van der Waals surface area contributed by atoms with E-state index in [0.29, 0.717) is 6.54 Å². The summed E-state index contributed by atoms with van der Waals surface area (Å²) < 4.78 is 0. The molecule has 110 valence electrons. The van der Waals surface area contributed by atoms with Crippen LogP contribution in [0.4, 0.5) is 0 Å². The van der Waals surface area contributed by atoms with Gasteiger partial charge in [0.25, 0.3) is 0 Å². The Labute approximate surface area is 121 Å². The number of carbonyl (C=O) groups is 1. The molecule has 0 saturated heterocycles. The number of benzene rings is 1. The van der Waals surface area contributed by atoms with Gasteiger partial charge in [-0.05, 0) is 37.8 Å². The van der Waals surface area contributed by atoms with Crippen LogP contribution in [0.15, 0.2) is 18.2 Å². The Morgan fingerprint density at radius 3 is 2.70 bits per heavy atom. The zero-order chi connectivity index (χ0) is 14.5. The van der Waals surface area contributed by atoms with E-state index in [1.54, 1.807) is 0 Å². The van der Waals surface area contributed by atoms with Crippen molar-refractivity contribution in [1.82, 2.24) is 5.32 Å². The Kier molecular flexibility index (Phi) is 5.18. The fourth-order valence-electron chi connectivity index (χ4n) is 2.94. The summed E-state index contributed by atoms with van der Waals surface area (Å²) in [6.07, 6.45) is 4.91. The highest BCUT2D eigenvalue weighted by atomic mass is 16.3. The molecule has 0 spiro atoms. The molecular weight excluding hydrogens is 250 g/mol. The molecule has 0 bridgehead atoms. The molecule has 3 heteroatoms. The van der Waals surface area contributed by atoms with Crippen molar-refractivity contribution in [3.63, 3.8) is 0 Å². The number of carbonyl (C=O) groups excluding carboxylic acids is 1. The summed E-state index contributed by atoms with van der Waals surface area (Å²) in [5, 5.41) is 13.2. The fourth-order valence-corrected chi connectivity index (χ4v) is 2.94. The van der Waals surface area contributed by atoms with Crippen LogP contribution < -0.4 is 5.32 Å². The largest absolute Gasteiger partial charge is 0.387 e. The van der Waals surface area contributed by atoms with Crippen molar-refractivity contribution >= 4 is 5.91 Å². The van der Waals surface area contributed by atoms with Gasteiger partial charge in [0.15, 0.2) is 0 Å². The number of aryl methyl sites for hydroxylation is 2. The normalized spacial score (nSPS) is 17.8. The lowest BCUT2D eigenvalue weighted by atomic mass is 9.88. The highest BCUT2D eigenvalue weighted by molar-refractivity contribution is 5.78. The lowest BCUT2D eigenvalue weighted by molar-refractivity contribution is -0.126. The molecule has 2 N–H and O–H groups in total. The summed E-state index contributed by atoms with van der Waals surface area (Å²) in [6.45, 7) is 4.30. The molecule has 1 aromatic carbocycles. The molecule has 1 atom stereocenters. The first-order chi connectivity index (χ1) is 9.58. The Bertz CT molecular complexity index is 464. The molecule has 0 aromatic heterocycles. The van der Waals surface area contributed by atoms with E-state index in [1.807, 2.05) is 32.0 Å². The van der Waals surface area contributed by atoms with E-state index in [9.17, 15) is 9.90 Å². The van der Waals surface area contributed by atoms with Gasteiger partial charge in [-0.25, -0.2) is 0 Å². The first kappa shape index (κ1) is 15.0. The maximum atomic E-state index is 12.1. The van der Waals surface area contributed by atoms with Crippen LogP contribution in [0, 0.1) is 19.8 Å². The average molecular weight is 275 g/mol. The van der Waals surface area contributed by atoms with Gasteiger partial charge in [0.2, 0.25) is 5.91 Å². The van der Waals surface area contributed by atoms with Crippen LogP contribution in [0.25, 0.3) is 0 Å². The van der Waals surface area contributed by atoms with Gasteiger partial charge in [0, 0.05) is 12.5 Å². The third-order valence-electron chi connectivity index (χ3n) is 4.24. The van der Waals surface area contributed by atoms with Crippen LogP contribution in [0.3, 0.4) is 0 Å². The number of hydrogen-bond acceptors (Lipinski definition) is 2. The first-order valence-electron chi connectivity index (χ1n) is 7.61. The van der Waals surface area contributed by atoms with E-state index in [1.165, 1.54) is 6.42 Å². The smallest absolute Gasteiger partial charge is 0.223 e. The summed E-state index contributed by atoms with van der Waals surface area (Å²) in [4.78, 5) is 12.1. The molecule has 1 unspecified atom stereocenters. The topological polar surface area (TPSA) is 49.3 Å². The van der Waals surface area contributed by atoms with E-state index in [0.717, 1.165) is 42.4 Å². The Balaban J connectivity index is 1.89. The SMILES string of the molecule is Cc1ccc(C)c(C(O)CNC(=O)C2CCCCC2)c1. The van der Waals surface area contributed by atoms with E-state index < -0.39 is 6.10 Å². The van der Waals surface area contributed by atoms with Crippen LogP contribution >= 0.6 is 0 Å². The maximum Gasteiger partial charge on any atom is 0.223 e. The van der Waals surface area contributed by atoms with Gasteiger partial charge in [0.1, 0.15) is 0 Å². The van der Waals surface area contributed by atoms with Crippen LogP contribution in [-0.2, 0) is 4.79 Å². The molecule has 1 aromatic rings. The minimum atomic E-state index is -0.623. The van der Waals surface area contributed by atoms with Crippen LogP contribution in [0.1, 0.15) is 54.9 Å². The predicted molar refractivity (Wildman–Crippen MR) is 80.5 cm³/mol. The maximum absolute atomic E-state index is 12.1. The number of aliphatic hydroxyl groups excluding tert-OH is 1. The van der Waals surface area contributed by atoms with Crippen molar-refractivity contribution < 1.29 is 9.90 Å². The number of hydrogen-bond donors (Lipinski definition) is 2. The van der Waals surface area contributed by atoms with Crippen LogP contribution in [-0.4, -0.2) is 17.6 Å². The third kappa shape index (κ3) is 3.83. The summed E-state index contributed by atoms with van der Waals surface area (Å²) in [5.74, 6) is 0.253. The second-order valence-corrected chi connectivity index (χ2v) is 5.96. The molecule has 0 radical (unpaired) electrons. The van der Waals surface area contributed by atoms with Gasteiger partial charge in [0.05, 0.1) is 6.10 Å². The molecule has 0 aliphatic heterocycles. The van der Waals surface area contributed by atoms with E-state index in [-0.39, 0.29) is 11.8 Å². The van der Waals surface area contributed by atoms with E-state index in [2.05, 4.69) is 5.32 Å². The van der Waals surface area contributed by atoms with Crippen molar-refractivity contribution in [2.45, 2.75) is 52.1 Å². The zero-order valence-electron chi connectivity index (χ0n) is 12.5. The van der Waals surface area contributed by atoms with Crippen LogP contribution in [0.2, 0.25) is 0 Å². The van der Waals surface area contributed by atoms with E-state index >= 15 is 0 Å². The summed E-state index contributed by atoms with van der Waals surface area (Å²) in [6, 6.07) is 6.04. The minimum Gasteiger partial charge on any atom is -0.387 e. The van der Waals surface area contributed by atoms with Crippen molar-refractivity contribution in [1.29, 1.82) is 0 Å². The van der Waals surface area contributed by atoms with Crippen LogP contribution in [0.5, 0.6) is 0 Å². The second kappa shape index (κ2) is 6.89. The number of amides is 1. The van der Waals surface area contributed by atoms with Crippen molar-refractivity contribution in [2.75, 3.05) is 6.54 Å². The van der Waals surface area contributed by atoms with Crippen molar-refractivity contribution in [3.8, 4) is 0 Å². The van der Waals surface area contributed by atoms with Gasteiger partial charge < -0.3 is 10.4 Å². The quantitative estimate of drug-likeness (QED) is 0.887. The molecule has 1 aliphatic rings. The Morgan fingerprint density at radius 2 is 2.00 bits per heavy atom. The monoisotopic (exact) mass is 275 g/mol. The molecule has 3 nitrogen and oxygen atoms in total. The highest BCUT2D eigenvalue weighted by Crippen LogP contribution is 2.24. The standard InChI is InChI=1S/C17H25NO2/c1-12-8-9-13(2)15(10-12)16(19)11-18-17(20)14-6-4-3-5-7-14/h8-10,14,16,19H,3-7,11H2,1-2H3,(H,18,20). The zero-order valence-corrected chi connectivity index (χ0v) is 12.5. The molecule has 1 aliphatic carbocycles. The Hall–Kier alpha value is -1.35. The lowest BCUT2D eigenvalue weighted by Gasteiger charge is -2.22. The van der Waals surface area contributed by atoms with Gasteiger partial charge in [-0.3, -0.25) is 4.79 Å². The van der Waals surface area contributed by atoms with Gasteiger partial charge in [-0.2, -0.15) is 0 Å². The third-order valence-corrected chi connectivity index (χ3v) is 4.24. The molecule has 20 heavy (non-hydrogen) atoms. The average Bonchev–Trinajstić information content (AvgIpc) is 2.47. The summed E-state index contributed by atoms with van der Waals surface area (Å²) >= 11 is 0. The minimum absolute atomic E-state index is 0.106. The highest BCUT2D eigenvalue weighted by Gasteiger charge is 2.21. The number of nitrogens with one attached hydrogen (secondary N) is 1. The second-order valence-electron chi connectivity index (χ2n) is 5.96. The molecule has 2 rings (SSSR count). The van der Waals surface area contributed by atoms with Gasteiger partial charge >= 0.3 is 0 Å². The fraction of sp³-hybridized carbons (Fsp3) is 0.588. The molecule has 1 amide bonds. The first-order valence-corrected chi connectivity index (χ1v) is 7.61. The van der Waals surface area contributed by atoms with Gasteiger partial charge in [-0.15, -0.1) is 0 Å². The van der Waals surface area contributed by atoms with Crippen molar-refractivity contribution in [3.05, 3.63) is 34.9 Å². The number of aliphatic hydroxyl groups is 1. The molecule has 1 fully saturated rings. The van der Waals surface area contributed by atoms with Gasteiger partial charge in [-0.1, -0.05) is 43.0 Å². The predicted octanol–water partition coefficient (Wildman–Crippen LogP) is 3.03. The Morgan fingerprint density at radius 1 is 1.30 bits per heavy atom. The van der Waals surface area contributed by atoms with Crippen molar-refractivity contribution in [2.24, 2.45) is 5.92 Å².